The van der Waals surface area contributed by atoms with Crippen molar-refractivity contribution in [3.8, 4) is 0 Å². The van der Waals surface area contributed by atoms with Crippen LogP contribution in [0.5, 0.6) is 0 Å². The number of rotatable bonds is 5. The number of amides is 1. The average Bonchev–Trinajstić information content (AvgIpc) is 2.62. The van der Waals surface area contributed by atoms with Crippen molar-refractivity contribution in [1.82, 2.24) is 10.2 Å². The highest BCUT2D eigenvalue weighted by atomic mass is 16.3. The van der Waals surface area contributed by atoms with Crippen molar-refractivity contribution in [3.05, 3.63) is 0 Å². The van der Waals surface area contributed by atoms with Gasteiger partial charge in [-0.1, -0.05) is 0 Å². The van der Waals surface area contributed by atoms with Crippen molar-refractivity contribution in [3.63, 3.8) is 0 Å². The molecule has 1 amide bonds. The molecule has 0 radical (unpaired) electrons. The summed E-state index contributed by atoms with van der Waals surface area (Å²) in [7, 11) is 0. The van der Waals surface area contributed by atoms with Gasteiger partial charge in [0.15, 0.2) is 0 Å². The van der Waals surface area contributed by atoms with Crippen LogP contribution in [0.3, 0.4) is 0 Å². The number of aliphatic hydroxyl groups excluding tert-OH is 1. The van der Waals surface area contributed by atoms with Crippen LogP contribution in [0.1, 0.15) is 26.2 Å². The van der Waals surface area contributed by atoms with E-state index in [0.717, 1.165) is 25.9 Å². The monoisotopic (exact) mass is 200 g/mol. The summed E-state index contributed by atoms with van der Waals surface area (Å²) >= 11 is 0. The fourth-order valence-electron chi connectivity index (χ4n) is 1.93. The lowest BCUT2D eigenvalue weighted by molar-refractivity contribution is -0.121. The van der Waals surface area contributed by atoms with Crippen LogP contribution in [-0.2, 0) is 4.79 Å². The second-order valence-corrected chi connectivity index (χ2v) is 3.72. The first-order chi connectivity index (χ1) is 6.77. The molecule has 2 N–H and O–H groups in total. The second kappa shape index (κ2) is 5.98. The van der Waals surface area contributed by atoms with Gasteiger partial charge in [0, 0.05) is 25.6 Å². The molecule has 1 fully saturated rings. The molecule has 1 heterocycles. The van der Waals surface area contributed by atoms with Crippen LogP contribution in [0.4, 0.5) is 0 Å². The smallest absolute Gasteiger partial charge is 0.221 e. The summed E-state index contributed by atoms with van der Waals surface area (Å²) in [6, 6.07) is 0.282. The van der Waals surface area contributed by atoms with Gasteiger partial charge in [0.1, 0.15) is 0 Å². The van der Waals surface area contributed by atoms with Crippen LogP contribution in [0.15, 0.2) is 0 Å². The Morgan fingerprint density at radius 1 is 1.64 bits per heavy atom. The van der Waals surface area contributed by atoms with Gasteiger partial charge in [0.2, 0.25) is 5.91 Å². The van der Waals surface area contributed by atoms with E-state index >= 15 is 0 Å². The van der Waals surface area contributed by atoms with Crippen molar-refractivity contribution < 1.29 is 9.90 Å². The van der Waals surface area contributed by atoms with Gasteiger partial charge in [-0.15, -0.1) is 0 Å². The van der Waals surface area contributed by atoms with Crippen LogP contribution < -0.4 is 5.32 Å². The standard InChI is InChI=1S/C10H20N2O2/c1-2-11-10(14)5-7-12-6-3-4-9(12)8-13/h9,13H,2-8H2,1H3,(H,11,14)/t9-/m1/s1. The number of carbonyl (C=O) groups excluding carboxylic acids is 1. The van der Waals surface area contributed by atoms with Gasteiger partial charge < -0.3 is 10.4 Å². The van der Waals surface area contributed by atoms with E-state index in [1.54, 1.807) is 0 Å². The number of hydrogen-bond acceptors (Lipinski definition) is 3. The van der Waals surface area contributed by atoms with Crippen LogP contribution in [0.2, 0.25) is 0 Å². The Labute approximate surface area is 85.3 Å². The predicted molar refractivity (Wildman–Crippen MR) is 55.0 cm³/mol. The molecule has 0 aliphatic carbocycles. The molecule has 0 aromatic carbocycles. The van der Waals surface area contributed by atoms with Gasteiger partial charge in [-0.05, 0) is 26.3 Å². The van der Waals surface area contributed by atoms with Gasteiger partial charge >= 0.3 is 0 Å². The van der Waals surface area contributed by atoms with E-state index in [9.17, 15) is 4.79 Å². The molecule has 1 saturated heterocycles. The zero-order valence-corrected chi connectivity index (χ0v) is 8.83. The lowest BCUT2D eigenvalue weighted by Crippen LogP contribution is -2.35. The lowest BCUT2D eigenvalue weighted by atomic mass is 10.2. The summed E-state index contributed by atoms with van der Waals surface area (Å²) in [6.45, 7) is 4.63. The molecule has 0 bridgehead atoms. The fraction of sp³-hybridized carbons (Fsp3) is 0.900. The van der Waals surface area contributed by atoms with E-state index in [1.807, 2.05) is 6.92 Å². The van der Waals surface area contributed by atoms with E-state index < -0.39 is 0 Å². The Morgan fingerprint density at radius 3 is 3.07 bits per heavy atom. The minimum atomic E-state index is 0.107. The molecule has 1 atom stereocenters. The summed E-state index contributed by atoms with van der Waals surface area (Å²) in [5.41, 5.74) is 0. The minimum Gasteiger partial charge on any atom is -0.395 e. The molecule has 14 heavy (non-hydrogen) atoms. The highest BCUT2D eigenvalue weighted by Gasteiger charge is 2.23. The van der Waals surface area contributed by atoms with E-state index in [4.69, 9.17) is 5.11 Å². The maximum atomic E-state index is 11.2. The number of hydrogen-bond donors (Lipinski definition) is 2. The van der Waals surface area contributed by atoms with E-state index in [1.165, 1.54) is 0 Å². The zero-order chi connectivity index (χ0) is 10.4. The fourth-order valence-corrected chi connectivity index (χ4v) is 1.93. The van der Waals surface area contributed by atoms with Gasteiger partial charge in [-0.3, -0.25) is 9.69 Å². The zero-order valence-electron chi connectivity index (χ0n) is 8.83. The number of aliphatic hydroxyl groups is 1. The van der Waals surface area contributed by atoms with Gasteiger partial charge in [-0.25, -0.2) is 0 Å². The van der Waals surface area contributed by atoms with Crippen LogP contribution in [0, 0.1) is 0 Å². The van der Waals surface area contributed by atoms with Crippen LogP contribution in [0.25, 0.3) is 0 Å². The molecular formula is C10H20N2O2. The maximum Gasteiger partial charge on any atom is 0.221 e. The molecular weight excluding hydrogens is 180 g/mol. The summed E-state index contributed by atoms with van der Waals surface area (Å²) in [5.74, 6) is 0.107. The molecule has 4 nitrogen and oxygen atoms in total. The van der Waals surface area contributed by atoms with E-state index in [2.05, 4.69) is 10.2 Å². The van der Waals surface area contributed by atoms with Crippen molar-refractivity contribution in [2.24, 2.45) is 0 Å². The SMILES string of the molecule is CCNC(=O)CCN1CCC[C@@H]1CO. The largest absolute Gasteiger partial charge is 0.395 e. The number of nitrogens with zero attached hydrogens (tertiary/aromatic N) is 1. The first-order valence-corrected chi connectivity index (χ1v) is 5.39. The Bertz CT molecular complexity index is 185. The second-order valence-electron chi connectivity index (χ2n) is 3.72. The Balaban J connectivity index is 2.20. The number of likely N-dealkylation sites (tertiary alicyclic amines) is 1. The minimum absolute atomic E-state index is 0.107. The van der Waals surface area contributed by atoms with Crippen molar-refractivity contribution in [2.45, 2.75) is 32.2 Å². The molecule has 0 spiro atoms. The normalized spacial score (nSPS) is 22.6. The van der Waals surface area contributed by atoms with Crippen LogP contribution in [-0.4, -0.2) is 48.2 Å². The Kier molecular flexibility index (Phi) is 4.90. The van der Waals surface area contributed by atoms with Crippen LogP contribution >= 0.6 is 0 Å². The molecule has 0 aromatic rings. The molecule has 0 aromatic heterocycles. The third kappa shape index (κ3) is 3.27. The van der Waals surface area contributed by atoms with Gasteiger partial charge in [0.25, 0.3) is 0 Å². The highest BCUT2D eigenvalue weighted by molar-refractivity contribution is 5.75. The van der Waals surface area contributed by atoms with Gasteiger partial charge in [0.05, 0.1) is 6.61 Å². The third-order valence-corrected chi connectivity index (χ3v) is 2.71. The highest BCUT2D eigenvalue weighted by Crippen LogP contribution is 2.16. The number of nitrogens with one attached hydrogen (secondary N) is 1. The Morgan fingerprint density at radius 2 is 2.43 bits per heavy atom. The topological polar surface area (TPSA) is 52.6 Å². The number of carbonyl (C=O) groups is 1. The first kappa shape index (κ1) is 11.5. The summed E-state index contributed by atoms with van der Waals surface area (Å²) in [6.07, 6.45) is 2.75. The third-order valence-electron chi connectivity index (χ3n) is 2.71. The molecule has 82 valence electrons. The Hall–Kier alpha value is -0.610. The molecule has 1 aliphatic heterocycles. The lowest BCUT2D eigenvalue weighted by Gasteiger charge is -2.21. The maximum absolute atomic E-state index is 11.2. The molecule has 1 rings (SSSR count). The average molecular weight is 200 g/mol. The first-order valence-electron chi connectivity index (χ1n) is 5.39. The van der Waals surface area contributed by atoms with Crippen molar-refractivity contribution >= 4 is 5.91 Å². The van der Waals surface area contributed by atoms with Crippen molar-refractivity contribution in [2.75, 3.05) is 26.2 Å². The van der Waals surface area contributed by atoms with Crippen molar-refractivity contribution in [1.29, 1.82) is 0 Å². The molecule has 0 saturated carbocycles. The van der Waals surface area contributed by atoms with E-state index in [0.29, 0.717) is 13.0 Å². The summed E-state index contributed by atoms with van der Waals surface area (Å²) in [4.78, 5) is 13.4. The molecule has 4 heteroatoms. The van der Waals surface area contributed by atoms with E-state index in [-0.39, 0.29) is 18.6 Å². The predicted octanol–water partition coefficient (Wildman–Crippen LogP) is -0.0307. The summed E-state index contributed by atoms with van der Waals surface area (Å²) in [5, 5.41) is 11.8. The quantitative estimate of drug-likeness (QED) is 0.655. The molecule has 0 unspecified atom stereocenters. The van der Waals surface area contributed by atoms with Gasteiger partial charge in [-0.2, -0.15) is 0 Å². The molecule has 1 aliphatic rings. The summed E-state index contributed by atoms with van der Waals surface area (Å²) < 4.78 is 0.